The van der Waals surface area contributed by atoms with Crippen LogP contribution in [0.2, 0.25) is 0 Å². The molecule has 2 aliphatic heterocycles. The normalized spacial score (nSPS) is 18.4. The number of nitrogens with zero attached hydrogens (tertiary/aromatic N) is 1. The summed E-state index contributed by atoms with van der Waals surface area (Å²) < 4.78 is 5.17. The number of fused-ring (bicyclic) bond motifs is 7. The Hall–Kier alpha value is -4.59. The smallest absolute Gasteiger partial charge is 0.255 e. The molecule has 1 aromatic heterocycles. The fourth-order valence-electron chi connectivity index (χ4n) is 5.60. The first-order valence-corrected chi connectivity index (χ1v) is 12.7. The van der Waals surface area contributed by atoms with Crippen LogP contribution < -0.4 is 15.4 Å². The van der Waals surface area contributed by atoms with E-state index in [9.17, 15) is 14.4 Å². The molecule has 3 amide bonds. The molecule has 0 radical (unpaired) electrons. The topological polar surface area (TPSA) is 104 Å². The average molecular weight is 509 g/mol. The molecule has 192 valence electrons. The molecule has 0 spiro atoms. The van der Waals surface area contributed by atoms with Crippen molar-refractivity contribution in [2.24, 2.45) is 0 Å². The molecule has 0 aliphatic carbocycles. The molecular formula is C30H28N4O4. The quantitative estimate of drug-likeness (QED) is 0.371. The number of aromatic nitrogens is 1. The second kappa shape index (κ2) is 9.37. The van der Waals surface area contributed by atoms with E-state index in [1.807, 2.05) is 72.8 Å². The van der Waals surface area contributed by atoms with Crippen LogP contribution in [0, 0.1) is 0 Å². The predicted octanol–water partition coefficient (Wildman–Crippen LogP) is 3.47. The van der Waals surface area contributed by atoms with E-state index in [-0.39, 0.29) is 23.8 Å². The maximum absolute atomic E-state index is 13.7. The Kier molecular flexibility index (Phi) is 5.87. The molecule has 8 nitrogen and oxygen atoms in total. The number of rotatable bonds is 6. The summed E-state index contributed by atoms with van der Waals surface area (Å²) in [5.74, 6) is -0.0836. The summed E-state index contributed by atoms with van der Waals surface area (Å²) in [6.07, 6.45) is 0.363. The molecule has 4 aromatic rings. The highest BCUT2D eigenvalue weighted by Crippen LogP contribution is 2.46. The fourth-order valence-corrected chi connectivity index (χ4v) is 5.60. The lowest BCUT2D eigenvalue weighted by atomic mass is 9.90. The van der Waals surface area contributed by atoms with Gasteiger partial charge < -0.3 is 25.3 Å². The second-order valence-electron chi connectivity index (χ2n) is 9.78. The van der Waals surface area contributed by atoms with Crippen molar-refractivity contribution in [1.29, 1.82) is 0 Å². The van der Waals surface area contributed by atoms with E-state index in [0.29, 0.717) is 18.5 Å². The van der Waals surface area contributed by atoms with Gasteiger partial charge in [-0.1, -0.05) is 48.5 Å². The van der Waals surface area contributed by atoms with E-state index in [1.165, 1.54) is 0 Å². The Morgan fingerprint density at radius 2 is 1.79 bits per heavy atom. The Balaban J connectivity index is 1.24. The van der Waals surface area contributed by atoms with E-state index in [0.717, 1.165) is 39.0 Å². The lowest BCUT2D eigenvalue weighted by molar-refractivity contribution is -0.131. The zero-order chi connectivity index (χ0) is 26.4. The van der Waals surface area contributed by atoms with Gasteiger partial charge in [-0.05, 0) is 47.9 Å². The number of carbonyl (C=O) groups excluding carboxylic acids is 3. The number of ether oxygens (including phenoxy) is 1. The van der Waals surface area contributed by atoms with Crippen LogP contribution in [0.3, 0.4) is 0 Å². The van der Waals surface area contributed by atoms with Crippen LogP contribution in [0.5, 0.6) is 5.75 Å². The molecule has 8 heteroatoms. The highest BCUT2D eigenvalue weighted by atomic mass is 16.5. The third-order valence-electron chi connectivity index (χ3n) is 7.53. The Labute approximate surface area is 220 Å². The van der Waals surface area contributed by atoms with Gasteiger partial charge in [0.05, 0.1) is 13.2 Å². The molecule has 3 atom stereocenters. The van der Waals surface area contributed by atoms with Crippen LogP contribution in [0.4, 0.5) is 0 Å². The summed E-state index contributed by atoms with van der Waals surface area (Å²) in [5, 5.41) is 6.77. The number of methoxy groups -OCH3 is 1. The maximum atomic E-state index is 13.7. The minimum atomic E-state index is -0.774. The number of amides is 3. The Morgan fingerprint density at radius 3 is 2.58 bits per heavy atom. The first kappa shape index (κ1) is 23.8. The highest BCUT2D eigenvalue weighted by molar-refractivity contribution is 6.04. The van der Waals surface area contributed by atoms with E-state index in [1.54, 1.807) is 18.9 Å². The standard InChI is InChI=1S/C30H28N4O4/c1-17(28(35)31-16-18-11-13-19(38-2)14-12-18)32-29(36)25-15-23-20-7-5-6-10-24(20)33-26(23)27-21-8-3-4-9-22(21)30(37)34(25)27/h3-14,17,25,27,33H,15-16H2,1-2H3,(H,31,35)(H,32,36)/t17-,25-,27-/m0/s1. The second-order valence-corrected chi connectivity index (χ2v) is 9.78. The fraction of sp³-hybridized carbons (Fsp3) is 0.233. The first-order chi connectivity index (χ1) is 18.5. The summed E-state index contributed by atoms with van der Waals surface area (Å²) in [6, 6.07) is 21.0. The van der Waals surface area contributed by atoms with E-state index >= 15 is 0 Å². The number of para-hydroxylation sites is 1. The van der Waals surface area contributed by atoms with E-state index < -0.39 is 12.1 Å². The van der Waals surface area contributed by atoms with Crippen LogP contribution >= 0.6 is 0 Å². The maximum Gasteiger partial charge on any atom is 0.255 e. The molecule has 0 saturated heterocycles. The molecule has 0 fully saturated rings. The van der Waals surface area contributed by atoms with Crippen molar-refractivity contribution >= 4 is 28.6 Å². The van der Waals surface area contributed by atoms with Gasteiger partial charge in [0.1, 0.15) is 17.8 Å². The SMILES string of the molecule is COc1ccc(CNC(=O)[C@H](C)NC(=O)[C@@H]2Cc3c([nH]c4ccccc34)[C@@H]3c4ccccc4C(=O)N32)cc1. The van der Waals surface area contributed by atoms with Gasteiger partial charge in [-0.2, -0.15) is 0 Å². The van der Waals surface area contributed by atoms with Gasteiger partial charge in [0, 0.05) is 35.1 Å². The van der Waals surface area contributed by atoms with Gasteiger partial charge in [0.15, 0.2) is 0 Å². The summed E-state index contributed by atoms with van der Waals surface area (Å²) >= 11 is 0. The molecule has 3 heterocycles. The molecular weight excluding hydrogens is 480 g/mol. The van der Waals surface area contributed by atoms with Crippen LogP contribution in [0.25, 0.3) is 10.9 Å². The summed E-state index contributed by atoms with van der Waals surface area (Å²) in [6.45, 7) is 1.98. The van der Waals surface area contributed by atoms with Crippen LogP contribution in [-0.2, 0) is 22.6 Å². The van der Waals surface area contributed by atoms with Crippen molar-refractivity contribution in [2.45, 2.75) is 38.0 Å². The molecule has 6 rings (SSSR count). The van der Waals surface area contributed by atoms with Crippen molar-refractivity contribution in [3.63, 3.8) is 0 Å². The molecule has 3 N–H and O–H groups in total. The third kappa shape index (κ3) is 3.89. The Morgan fingerprint density at radius 1 is 1.05 bits per heavy atom. The summed E-state index contributed by atoms with van der Waals surface area (Å²) in [5.41, 5.74) is 5.35. The van der Waals surface area contributed by atoms with Crippen LogP contribution in [0.1, 0.15) is 45.7 Å². The number of carbonyl (C=O) groups is 3. The van der Waals surface area contributed by atoms with Crippen molar-refractivity contribution in [3.05, 3.63) is 101 Å². The van der Waals surface area contributed by atoms with Crippen molar-refractivity contribution in [1.82, 2.24) is 20.5 Å². The highest BCUT2D eigenvalue weighted by Gasteiger charge is 2.49. The molecule has 0 saturated carbocycles. The van der Waals surface area contributed by atoms with Crippen molar-refractivity contribution < 1.29 is 19.1 Å². The third-order valence-corrected chi connectivity index (χ3v) is 7.53. The zero-order valence-electron chi connectivity index (χ0n) is 21.2. The molecule has 0 bridgehead atoms. The number of H-pyrrole nitrogens is 1. The first-order valence-electron chi connectivity index (χ1n) is 12.7. The predicted molar refractivity (Wildman–Crippen MR) is 143 cm³/mol. The summed E-state index contributed by atoms with van der Waals surface area (Å²) in [7, 11) is 1.60. The van der Waals surface area contributed by atoms with Gasteiger partial charge in [-0.15, -0.1) is 0 Å². The monoisotopic (exact) mass is 508 g/mol. The lowest BCUT2D eigenvalue weighted by Crippen LogP contribution is -2.55. The molecule has 2 aliphatic rings. The van der Waals surface area contributed by atoms with Crippen LogP contribution in [-0.4, -0.2) is 46.8 Å². The molecule has 3 aromatic carbocycles. The van der Waals surface area contributed by atoms with Gasteiger partial charge >= 0.3 is 0 Å². The van der Waals surface area contributed by atoms with Gasteiger partial charge in [0.2, 0.25) is 11.8 Å². The number of nitrogens with one attached hydrogen (secondary N) is 3. The van der Waals surface area contributed by atoms with Gasteiger partial charge in [0.25, 0.3) is 5.91 Å². The summed E-state index contributed by atoms with van der Waals surface area (Å²) in [4.78, 5) is 45.2. The Bertz CT molecular complexity index is 1560. The largest absolute Gasteiger partial charge is 0.497 e. The molecule has 0 unspecified atom stereocenters. The van der Waals surface area contributed by atoms with Crippen molar-refractivity contribution in [3.8, 4) is 5.75 Å². The van der Waals surface area contributed by atoms with E-state index in [4.69, 9.17) is 4.74 Å². The number of benzene rings is 3. The van der Waals surface area contributed by atoms with Crippen LogP contribution in [0.15, 0.2) is 72.8 Å². The number of hydrogen-bond acceptors (Lipinski definition) is 4. The van der Waals surface area contributed by atoms with Gasteiger partial charge in [-0.3, -0.25) is 14.4 Å². The van der Waals surface area contributed by atoms with E-state index in [2.05, 4.69) is 15.6 Å². The minimum Gasteiger partial charge on any atom is -0.497 e. The average Bonchev–Trinajstić information content (AvgIpc) is 3.47. The number of aromatic amines is 1. The zero-order valence-corrected chi connectivity index (χ0v) is 21.2. The van der Waals surface area contributed by atoms with Gasteiger partial charge in [-0.25, -0.2) is 0 Å². The minimum absolute atomic E-state index is 0.174. The number of hydrogen-bond donors (Lipinski definition) is 3. The lowest BCUT2D eigenvalue weighted by Gasteiger charge is -2.37. The van der Waals surface area contributed by atoms with Crippen molar-refractivity contribution in [2.75, 3.05) is 7.11 Å². The molecule has 38 heavy (non-hydrogen) atoms.